The Kier molecular flexibility index (Phi) is 6.90. The van der Waals surface area contributed by atoms with Crippen molar-refractivity contribution >= 4 is 28.9 Å². The normalized spacial score (nSPS) is 17.9. The molecule has 3 aromatic rings. The molecular weight excluding hydrogens is 434 g/mol. The van der Waals surface area contributed by atoms with Gasteiger partial charge >= 0.3 is 12.0 Å². The first-order chi connectivity index (χ1) is 16.3. The van der Waals surface area contributed by atoms with E-state index in [9.17, 15) is 14.4 Å². The van der Waals surface area contributed by atoms with Crippen LogP contribution in [0, 0.1) is 12.8 Å². The van der Waals surface area contributed by atoms with E-state index in [4.69, 9.17) is 4.74 Å². The summed E-state index contributed by atoms with van der Waals surface area (Å²) in [4.78, 5) is 42.1. The molecule has 0 bridgehead atoms. The van der Waals surface area contributed by atoms with E-state index in [-0.39, 0.29) is 11.6 Å². The number of pyridine rings is 1. The second kappa shape index (κ2) is 10.0. The first-order valence-corrected chi connectivity index (χ1v) is 11.5. The molecule has 9 nitrogen and oxygen atoms in total. The number of nitrogens with one attached hydrogen (secondary N) is 2. The number of hydrogen-bond acceptors (Lipinski definition) is 6. The molecule has 0 saturated heterocycles. The molecule has 34 heavy (non-hydrogen) atoms. The van der Waals surface area contributed by atoms with E-state index in [0.29, 0.717) is 28.3 Å². The highest BCUT2D eigenvalue weighted by atomic mass is 16.5. The van der Waals surface area contributed by atoms with Gasteiger partial charge in [-0.2, -0.15) is 5.10 Å². The Morgan fingerprint density at radius 3 is 2.62 bits per heavy atom. The summed E-state index contributed by atoms with van der Waals surface area (Å²) in [5.74, 6) is -1.01. The molecule has 2 aromatic heterocycles. The third-order valence-corrected chi connectivity index (χ3v) is 6.27. The Morgan fingerprint density at radius 2 is 1.88 bits per heavy atom. The quantitative estimate of drug-likeness (QED) is 0.560. The van der Waals surface area contributed by atoms with Gasteiger partial charge in [-0.3, -0.25) is 14.8 Å². The lowest BCUT2D eigenvalue weighted by Crippen LogP contribution is -2.48. The number of carbonyl (C=O) groups is 3. The minimum atomic E-state index is -0.689. The first-order valence-electron chi connectivity index (χ1n) is 11.5. The van der Waals surface area contributed by atoms with E-state index in [0.717, 1.165) is 31.2 Å². The fourth-order valence-corrected chi connectivity index (χ4v) is 4.47. The van der Waals surface area contributed by atoms with E-state index >= 15 is 0 Å². The molecule has 1 aromatic carbocycles. The monoisotopic (exact) mass is 463 g/mol. The lowest BCUT2D eigenvalue weighted by atomic mass is 9.86. The van der Waals surface area contributed by atoms with Crippen LogP contribution in [0.25, 0.3) is 22.3 Å². The molecule has 178 valence electrons. The van der Waals surface area contributed by atoms with Gasteiger partial charge in [0.15, 0.2) is 12.3 Å². The molecule has 0 radical (unpaired) electrons. The van der Waals surface area contributed by atoms with E-state index in [1.165, 1.54) is 0 Å². The molecule has 2 heterocycles. The zero-order chi connectivity index (χ0) is 24.2. The number of ether oxygens (including phenoxy) is 1. The summed E-state index contributed by atoms with van der Waals surface area (Å²) < 4.78 is 6.88. The average molecular weight is 464 g/mol. The lowest BCUT2D eigenvalue weighted by molar-refractivity contribution is -0.123. The number of rotatable bonds is 5. The molecular formula is C25H29N5O4. The van der Waals surface area contributed by atoms with Gasteiger partial charge in [0.05, 0.1) is 22.3 Å². The van der Waals surface area contributed by atoms with Crippen molar-refractivity contribution in [1.29, 1.82) is 0 Å². The third kappa shape index (κ3) is 5.08. The molecule has 2 N–H and O–H groups in total. The van der Waals surface area contributed by atoms with Crippen LogP contribution in [0.2, 0.25) is 0 Å². The number of hydrogen-bond donors (Lipinski definition) is 2. The van der Waals surface area contributed by atoms with Crippen molar-refractivity contribution < 1.29 is 19.1 Å². The Bertz CT molecular complexity index is 1220. The molecule has 3 amide bonds. The van der Waals surface area contributed by atoms with Crippen molar-refractivity contribution in [1.82, 2.24) is 25.4 Å². The van der Waals surface area contributed by atoms with Crippen molar-refractivity contribution in [3.05, 3.63) is 47.7 Å². The van der Waals surface area contributed by atoms with Crippen molar-refractivity contribution in [2.24, 2.45) is 13.0 Å². The van der Waals surface area contributed by atoms with E-state index in [2.05, 4.69) is 27.6 Å². The van der Waals surface area contributed by atoms with E-state index < -0.39 is 24.5 Å². The van der Waals surface area contributed by atoms with Crippen LogP contribution in [0.15, 0.2) is 36.4 Å². The van der Waals surface area contributed by atoms with Gasteiger partial charge in [0.25, 0.3) is 5.91 Å². The maximum absolute atomic E-state index is 13.0. The number of amides is 3. The number of esters is 1. The Balaban J connectivity index is 1.46. The maximum atomic E-state index is 13.0. The number of aromatic nitrogens is 3. The fraction of sp³-hybridized carbons (Fsp3) is 0.400. The van der Waals surface area contributed by atoms with Crippen molar-refractivity contribution in [3.8, 4) is 11.3 Å². The van der Waals surface area contributed by atoms with Gasteiger partial charge in [-0.1, -0.05) is 50.1 Å². The highest BCUT2D eigenvalue weighted by molar-refractivity contribution is 6.05. The predicted octanol–water partition coefficient (Wildman–Crippen LogP) is 3.51. The first kappa shape index (κ1) is 23.4. The van der Waals surface area contributed by atoms with Gasteiger partial charge in [0.1, 0.15) is 0 Å². The Morgan fingerprint density at radius 1 is 1.15 bits per heavy atom. The summed E-state index contributed by atoms with van der Waals surface area (Å²) in [5, 5.41) is 10.0. The molecule has 4 rings (SSSR count). The Hall–Kier alpha value is -3.75. The molecule has 2 atom stereocenters. The molecule has 1 aliphatic carbocycles. The number of aryl methyl sites for hydroxylation is 2. The summed E-state index contributed by atoms with van der Waals surface area (Å²) in [7, 11) is 1.76. The summed E-state index contributed by atoms with van der Waals surface area (Å²) in [6.07, 6.45) is 4.15. The summed E-state index contributed by atoms with van der Waals surface area (Å²) in [6.45, 7) is 3.30. The van der Waals surface area contributed by atoms with Gasteiger partial charge in [0.2, 0.25) is 0 Å². The summed E-state index contributed by atoms with van der Waals surface area (Å²) >= 11 is 0. The van der Waals surface area contributed by atoms with Gasteiger partial charge in [-0.05, 0) is 31.7 Å². The molecule has 2 unspecified atom stereocenters. The molecule has 1 aliphatic rings. The standard InChI is InChI=1S/C25H29N5O4/c1-15-9-7-8-12-19(15)27-25(33)28-21(31)14-34-24(32)18-13-20(17-10-5-4-6-11-17)26-23-22(18)16(2)29-30(23)3/h4-6,10-11,13,15,19H,7-9,12,14H2,1-3H3,(H2,27,28,31,33). The minimum Gasteiger partial charge on any atom is -0.452 e. The molecule has 0 aliphatic heterocycles. The molecule has 9 heteroatoms. The van der Waals surface area contributed by atoms with Gasteiger partial charge < -0.3 is 10.1 Å². The zero-order valence-corrected chi connectivity index (χ0v) is 19.6. The largest absolute Gasteiger partial charge is 0.452 e. The number of fused-ring (bicyclic) bond motifs is 1. The van der Waals surface area contributed by atoms with Crippen LogP contribution in [-0.2, 0) is 16.6 Å². The number of imide groups is 1. The highest BCUT2D eigenvalue weighted by Gasteiger charge is 2.24. The zero-order valence-electron chi connectivity index (χ0n) is 19.6. The van der Waals surface area contributed by atoms with E-state index in [1.807, 2.05) is 30.3 Å². The minimum absolute atomic E-state index is 0.0409. The predicted molar refractivity (Wildman–Crippen MR) is 127 cm³/mol. The second-order valence-corrected chi connectivity index (χ2v) is 8.79. The van der Waals surface area contributed by atoms with Gasteiger partial charge in [-0.25, -0.2) is 14.6 Å². The SMILES string of the molecule is Cc1nn(C)c2nc(-c3ccccc3)cc(C(=O)OCC(=O)NC(=O)NC3CCCCC3C)c12. The second-order valence-electron chi connectivity index (χ2n) is 8.79. The third-order valence-electron chi connectivity index (χ3n) is 6.27. The molecule has 1 saturated carbocycles. The Labute approximate surface area is 197 Å². The van der Waals surface area contributed by atoms with Crippen molar-refractivity contribution in [3.63, 3.8) is 0 Å². The van der Waals surface area contributed by atoms with Crippen LogP contribution in [0.4, 0.5) is 4.79 Å². The maximum Gasteiger partial charge on any atom is 0.339 e. The van der Waals surface area contributed by atoms with Crippen LogP contribution in [0.1, 0.15) is 48.7 Å². The van der Waals surface area contributed by atoms with Crippen molar-refractivity contribution in [2.75, 3.05) is 6.61 Å². The topological polar surface area (TPSA) is 115 Å². The number of urea groups is 1. The van der Waals surface area contributed by atoms with Crippen LogP contribution < -0.4 is 10.6 Å². The van der Waals surface area contributed by atoms with Crippen LogP contribution in [-0.4, -0.2) is 45.3 Å². The molecule has 0 spiro atoms. The average Bonchev–Trinajstić information content (AvgIpc) is 3.12. The van der Waals surface area contributed by atoms with Crippen molar-refractivity contribution in [2.45, 2.75) is 45.6 Å². The van der Waals surface area contributed by atoms with Crippen LogP contribution >= 0.6 is 0 Å². The van der Waals surface area contributed by atoms with E-state index in [1.54, 1.807) is 24.7 Å². The molecule has 1 fully saturated rings. The van der Waals surface area contributed by atoms with Gasteiger partial charge in [0, 0.05) is 18.7 Å². The lowest BCUT2D eigenvalue weighted by Gasteiger charge is -2.29. The fourth-order valence-electron chi connectivity index (χ4n) is 4.47. The van der Waals surface area contributed by atoms with Crippen LogP contribution in [0.5, 0.6) is 0 Å². The smallest absolute Gasteiger partial charge is 0.339 e. The number of carbonyl (C=O) groups excluding carboxylic acids is 3. The number of benzene rings is 1. The summed E-state index contributed by atoms with van der Waals surface area (Å²) in [6, 6.07) is 10.6. The summed E-state index contributed by atoms with van der Waals surface area (Å²) in [5.41, 5.74) is 2.86. The van der Waals surface area contributed by atoms with Gasteiger partial charge in [-0.15, -0.1) is 0 Å². The van der Waals surface area contributed by atoms with Crippen LogP contribution in [0.3, 0.4) is 0 Å². The number of nitrogens with zero attached hydrogens (tertiary/aromatic N) is 3. The highest BCUT2D eigenvalue weighted by Crippen LogP contribution is 2.27.